The van der Waals surface area contributed by atoms with Crippen LogP contribution in [0.4, 0.5) is 0 Å². The molecule has 5 nitrogen and oxygen atoms in total. The number of guanidine groups is 1. The number of piperidine rings is 1. The first kappa shape index (κ1) is 24.4. The number of likely N-dealkylation sites (tertiary alicyclic amines) is 1. The van der Waals surface area contributed by atoms with Gasteiger partial charge in [0.05, 0.1) is 0 Å². The lowest BCUT2D eigenvalue weighted by atomic mass is 9.88. The van der Waals surface area contributed by atoms with Gasteiger partial charge < -0.3 is 10.6 Å². The number of rotatable bonds is 7. The van der Waals surface area contributed by atoms with Crippen LogP contribution in [0.15, 0.2) is 40.8 Å². The number of hydrogen-bond acceptors (Lipinski definition) is 4. The van der Waals surface area contributed by atoms with Gasteiger partial charge in [-0.05, 0) is 68.8 Å². The lowest BCUT2D eigenvalue weighted by Crippen LogP contribution is -2.40. The Balaban J connectivity index is 0.00000300. The number of halogens is 2. The van der Waals surface area contributed by atoms with Crippen molar-refractivity contribution in [2.24, 2.45) is 10.9 Å². The Kier molecular flexibility index (Phi) is 10.7. The summed E-state index contributed by atoms with van der Waals surface area (Å²) in [5.74, 6) is 1.44. The fraction of sp³-hybridized carbons (Fsp3) is 0.524. The molecule has 0 bridgehead atoms. The standard InChI is InChI=1S/C21H30ClN5S.HI/c1-3-23-21(24-11-10-16-8-9-19(22)25-14-16)26-15-17-6-4-12-27(2)20(17)18-7-5-13-28-18;/h5,7-9,13-14,17,20H,3-4,6,10-12,15H2,1-2H3,(H2,23,24,26);1H. The summed E-state index contributed by atoms with van der Waals surface area (Å²) >= 11 is 7.71. The Labute approximate surface area is 200 Å². The molecule has 160 valence electrons. The van der Waals surface area contributed by atoms with E-state index in [2.05, 4.69) is 52.0 Å². The van der Waals surface area contributed by atoms with E-state index in [4.69, 9.17) is 16.6 Å². The zero-order valence-electron chi connectivity index (χ0n) is 17.1. The van der Waals surface area contributed by atoms with E-state index in [-0.39, 0.29) is 24.0 Å². The third-order valence-electron chi connectivity index (χ3n) is 5.16. The molecule has 2 aromatic rings. The molecule has 0 amide bonds. The van der Waals surface area contributed by atoms with E-state index in [1.54, 1.807) is 0 Å². The summed E-state index contributed by atoms with van der Waals surface area (Å²) in [6.07, 6.45) is 5.19. The molecular weight excluding hydrogens is 517 g/mol. The minimum Gasteiger partial charge on any atom is -0.357 e. The molecule has 3 rings (SSSR count). The van der Waals surface area contributed by atoms with E-state index in [1.807, 2.05) is 29.7 Å². The van der Waals surface area contributed by atoms with E-state index in [0.717, 1.165) is 38.6 Å². The molecule has 0 saturated carbocycles. The van der Waals surface area contributed by atoms with E-state index in [1.165, 1.54) is 23.3 Å². The molecule has 0 aliphatic carbocycles. The Hall–Kier alpha value is -0.900. The van der Waals surface area contributed by atoms with Crippen LogP contribution in [-0.4, -0.2) is 49.1 Å². The second-order valence-electron chi connectivity index (χ2n) is 7.23. The van der Waals surface area contributed by atoms with Crippen LogP contribution in [0.25, 0.3) is 0 Å². The van der Waals surface area contributed by atoms with Crippen LogP contribution in [0, 0.1) is 5.92 Å². The van der Waals surface area contributed by atoms with Crippen molar-refractivity contribution in [3.8, 4) is 0 Å². The molecule has 1 aliphatic heterocycles. The normalized spacial score (nSPS) is 20.2. The first-order valence-corrected chi connectivity index (χ1v) is 11.3. The van der Waals surface area contributed by atoms with Gasteiger partial charge in [0.25, 0.3) is 0 Å². The van der Waals surface area contributed by atoms with E-state index < -0.39 is 0 Å². The fourth-order valence-electron chi connectivity index (χ4n) is 3.79. The third-order valence-corrected chi connectivity index (χ3v) is 6.33. The highest BCUT2D eigenvalue weighted by Crippen LogP contribution is 2.37. The molecule has 2 atom stereocenters. The van der Waals surface area contributed by atoms with Crippen molar-refractivity contribution in [3.05, 3.63) is 51.4 Å². The van der Waals surface area contributed by atoms with Crippen LogP contribution in [0.3, 0.4) is 0 Å². The maximum absolute atomic E-state index is 5.85. The maximum Gasteiger partial charge on any atom is 0.191 e. The average Bonchev–Trinajstić information content (AvgIpc) is 3.22. The molecule has 0 spiro atoms. The highest BCUT2D eigenvalue weighted by Gasteiger charge is 2.31. The molecule has 3 heterocycles. The zero-order chi connectivity index (χ0) is 19.8. The minimum atomic E-state index is 0. The quantitative estimate of drug-likeness (QED) is 0.230. The number of nitrogens with one attached hydrogen (secondary N) is 2. The summed E-state index contributed by atoms with van der Waals surface area (Å²) in [4.78, 5) is 13.0. The summed E-state index contributed by atoms with van der Waals surface area (Å²) in [5, 5.41) is 9.53. The first-order valence-electron chi connectivity index (χ1n) is 10.0. The van der Waals surface area contributed by atoms with E-state index in [9.17, 15) is 0 Å². The van der Waals surface area contributed by atoms with Crippen molar-refractivity contribution in [2.75, 3.05) is 33.2 Å². The number of hydrogen-bond donors (Lipinski definition) is 2. The maximum atomic E-state index is 5.85. The van der Waals surface area contributed by atoms with Gasteiger partial charge in [0.2, 0.25) is 0 Å². The van der Waals surface area contributed by atoms with Crippen LogP contribution in [0.1, 0.15) is 36.2 Å². The van der Waals surface area contributed by atoms with Gasteiger partial charge in [-0.2, -0.15) is 0 Å². The molecular formula is C21H31ClIN5S. The van der Waals surface area contributed by atoms with Gasteiger partial charge in [-0.25, -0.2) is 4.98 Å². The van der Waals surface area contributed by atoms with Gasteiger partial charge >= 0.3 is 0 Å². The number of pyridine rings is 1. The second kappa shape index (κ2) is 12.7. The van der Waals surface area contributed by atoms with Gasteiger partial charge in [-0.1, -0.05) is 23.7 Å². The summed E-state index contributed by atoms with van der Waals surface area (Å²) in [6, 6.07) is 8.74. The summed E-state index contributed by atoms with van der Waals surface area (Å²) in [6.45, 7) is 5.77. The molecule has 2 N–H and O–H groups in total. The SMILES string of the molecule is CCNC(=NCC1CCCN(C)C1c1cccs1)NCCc1ccc(Cl)nc1.I. The second-order valence-corrected chi connectivity index (χ2v) is 8.60. The van der Waals surface area contributed by atoms with Gasteiger partial charge in [0.1, 0.15) is 5.15 Å². The van der Waals surface area contributed by atoms with Gasteiger partial charge in [-0.3, -0.25) is 9.89 Å². The smallest absolute Gasteiger partial charge is 0.191 e. The fourth-order valence-corrected chi connectivity index (χ4v) is 4.88. The van der Waals surface area contributed by atoms with Crippen molar-refractivity contribution >= 4 is 52.9 Å². The zero-order valence-corrected chi connectivity index (χ0v) is 21.0. The van der Waals surface area contributed by atoms with Crippen molar-refractivity contribution in [3.63, 3.8) is 0 Å². The van der Waals surface area contributed by atoms with Crippen molar-refractivity contribution in [2.45, 2.75) is 32.2 Å². The minimum absolute atomic E-state index is 0. The van der Waals surface area contributed by atoms with Crippen LogP contribution in [0.2, 0.25) is 5.15 Å². The molecule has 0 radical (unpaired) electrons. The molecule has 1 aliphatic rings. The van der Waals surface area contributed by atoms with E-state index >= 15 is 0 Å². The van der Waals surface area contributed by atoms with Crippen molar-refractivity contribution in [1.82, 2.24) is 20.5 Å². The lowest BCUT2D eigenvalue weighted by molar-refractivity contribution is 0.128. The van der Waals surface area contributed by atoms with Crippen LogP contribution >= 0.6 is 46.9 Å². The number of aromatic nitrogens is 1. The Morgan fingerprint density at radius 1 is 1.34 bits per heavy atom. The molecule has 2 unspecified atom stereocenters. The number of thiophene rings is 1. The summed E-state index contributed by atoms with van der Waals surface area (Å²) < 4.78 is 0. The first-order chi connectivity index (χ1) is 13.7. The molecule has 29 heavy (non-hydrogen) atoms. The van der Waals surface area contributed by atoms with Crippen LogP contribution in [-0.2, 0) is 6.42 Å². The number of aliphatic imine (C=N–C) groups is 1. The summed E-state index contributed by atoms with van der Waals surface area (Å²) in [7, 11) is 2.24. The van der Waals surface area contributed by atoms with Crippen molar-refractivity contribution in [1.29, 1.82) is 0 Å². The molecule has 8 heteroatoms. The van der Waals surface area contributed by atoms with E-state index in [0.29, 0.717) is 17.1 Å². The lowest BCUT2D eigenvalue weighted by Gasteiger charge is -2.38. The topological polar surface area (TPSA) is 52.6 Å². The predicted molar refractivity (Wildman–Crippen MR) is 135 cm³/mol. The predicted octanol–water partition coefficient (Wildman–Crippen LogP) is 4.60. The Morgan fingerprint density at radius 2 is 2.21 bits per heavy atom. The van der Waals surface area contributed by atoms with Gasteiger partial charge in [0.15, 0.2) is 5.96 Å². The third kappa shape index (κ3) is 7.38. The van der Waals surface area contributed by atoms with Crippen LogP contribution in [0.5, 0.6) is 0 Å². The summed E-state index contributed by atoms with van der Waals surface area (Å²) in [5.41, 5.74) is 1.17. The molecule has 0 aromatic carbocycles. The largest absolute Gasteiger partial charge is 0.357 e. The molecule has 2 aromatic heterocycles. The molecule has 1 fully saturated rings. The highest BCUT2D eigenvalue weighted by molar-refractivity contribution is 14.0. The average molecular weight is 548 g/mol. The Morgan fingerprint density at radius 3 is 2.90 bits per heavy atom. The number of nitrogens with zero attached hydrogens (tertiary/aromatic N) is 3. The van der Waals surface area contributed by atoms with Gasteiger partial charge in [-0.15, -0.1) is 35.3 Å². The van der Waals surface area contributed by atoms with Crippen molar-refractivity contribution < 1.29 is 0 Å². The monoisotopic (exact) mass is 547 g/mol. The van der Waals surface area contributed by atoms with Gasteiger partial charge in [0, 0.05) is 36.8 Å². The Bertz CT molecular complexity index is 738. The highest BCUT2D eigenvalue weighted by atomic mass is 127. The molecule has 1 saturated heterocycles. The van der Waals surface area contributed by atoms with Crippen LogP contribution < -0.4 is 10.6 Å².